The van der Waals surface area contributed by atoms with Gasteiger partial charge in [0.05, 0.1) is 31.0 Å². The van der Waals surface area contributed by atoms with Crippen molar-refractivity contribution in [2.45, 2.75) is 32.9 Å². The van der Waals surface area contributed by atoms with Crippen LogP contribution in [0.1, 0.15) is 36.3 Å². The lowest BCUT2D eigenvalue weighted by Crippen LogP contribution is -2.37. The Labute approximate surface area is 118 Å². The average molecular weight is 276 g/mol. The first-order valence-corrected chi connectivity index (χ1v) is 7.20. The number of nitrogens with zero attached hydrogens (tertiary/aromatic N) is 4. The van der Waals surface area contributed by atoms with E-state index in [0.717, 1.165) is 25.2 Å². The van der Waals surface area contributed by atoms with Crippen molar-refractivity contribution < 1.29 is 9.53 Å². The maximum atomic E-state index is 12.3. The second-order valence-electron chi connectivity index (χ2n) is 5.32. The lowest BCUT2D eigenvalue weighted by molar-refractivity contribution is 0.0712. The van der Waals surface area contributed by atoms with E-state index in [2.05, 4.69) is 28.7 Å². The van der Waals surface area contributed by atoms with Crippen molar-refractivity contribution in [1.29, 1.82) is 0 Å². The van der Waals surface area contributed by atoms with Crippen molar-refractivity contribution in [3.63, 3.8) is 0 Å². The molecule has 0 radical (unpaired) electrons. The Morgan fingerprint density at radius 3 is 2.85 bits per heavy atom. The number of rotatable bonds is 3. The molecule has 0 spiro atoms. The summed E-state index contributed by atoms with van der Waals surface area (Å²) in [5.41, 5.74) is 1.51. The molecule has 20 heavy (non-hydrogen) atoms. The van der Waals surface area contributed by atoms with Crippen LogP contribution in [0.25, 0.3) is 0 Å². The van der Waals surface area contributed by atoms with E-state index in [-0.39, 0.29) is 11.9 Å². The van der Waals surface area contributed by atoms with E-state index in [0.29, 0.717) is 31.3 Å². The van der Waals surface area contributed by atoms with Crippen LogP contribution in [0.3, 0.4) is 0 Å². The fraction of sp³-hybridized carbons (Fsp3) is 0.643. The molecule has 2 aliphatic heterocycles. The van der Waals surface area contributed by atoms with Crippen LogP contribution in [0.2, 0.25) is 0 Å². The molecule has 6 nitrogen and oxygen atoms in total. The molecule has 0 N–H and O–H groups in total. The highest BCUT2D eigenvalue weighted by Gasteiger charge is 2.32. The van der Waals surface area contributed by atoms with Gasteiger partial charge in [-0.1, -0.05) is 6.92 Å². The number of amides is 1. The minimum absolute atomic E-state index is 0.0582. The summed E-state index contributed by atoms with van der Waals surface area (Å²) in [4.78, 5) is 25.2. The zero-order valence-corrected chi connectivity index (χ0v) is 12.0. The van der Waals surface area contributed by atoms with E-state index in [9.17, 15) is 4.79 Å². The number of carbonyl (C=O) groups excluding carboxylic acids is 1. The van der Waals surface area contributed by atoms with Crippen molar-refractivity contribution in [2.24, 2.45) is 0 Å². The van der Waals surface area contributed by atoms with Gasteiger partial charge in [-0.25, -0.2) is 9.97 Å². The number of anilines is 1. The third kappa shape index (κ3) is 2.24. The predicted molar refractivity (Wildman–Crippen MR) is 74.7 cm³/mol. The molecule has 6 heteroatoms. The van der Waals surface area contributed by atoms with E-state index in [1.165, 1.54) is 0 Å². The lowest BCUT2D eigenvalue weighted by atomic mass is 10.2. The maximum Gasteiger partial charge on any atom is 0.257 e. The zero-order valence-electron chi connectivity index (χ0n) is 12.0. The van der Waals surface area contributed by atoms with Crippen LogP contribution in [-0.4, -0.2) is 53.1 Å². The third-order valence-electron chi connectivity index (χ3n) is 4.08. The number of carbonyl (C=O) groups is 1. The molecule has 1 atom stereocenters. The van der Waals surface area contributed by atoms with Gasteiger partial charge < -0.3 is 14.5 Å². The first-order chi connectivity index (χ1) is 9.70. The second kappa shape index (κ2) is 5.36. The van der Waals surface area contributed by atoms with Crippen molar-refractivity contribution in [3.8, 4) is 0 Å². The summed E-state index contributed by atoms with van der Waals surface area (Å²) in [5, 5.41) is 0. The van der Waals surface area contributed by atoms with E-state index in [1.807, 2.05) is 4.90 Å². The Morgan fingerprint density at radius 1 is 1.40 bits per heavy atom. The minimum Gasteiger partial charge on any atom is -0.378 e. The summed E-state index contributed by atoms with van der Waals surface area (Å²) in [7, 11) is 0. The number of aromatic nitrogens is 2. The van der Waals surface area contributed by atoms with Crippen molar-refractivity contribution in [1.82, 2.24) is 14.9 Å². The predicted octanol–water partition coefficient (Wildman–Crippen LogP) is 1.07. The molecule has 0 aliphatic carbocycles. The SMILES string of the molecule is CCC(C)N1Cc2nc(N3CCOCC3)ncc2C1=O. The fourth-order valence-electron chi connectivity index (χ4n) is 2.59. The Morgan fingerprint density at radius 2 is 2.15 bits per heavy atom. The average Bonchev–Trinajstić information content (AvgIpc) is 2.84. The fourth-order valence-corrected chi connectivity index (χ4v) is 2.59. The van der Waals surface area contributed by atoms with Crippen molar-refractivity contribution >= 4 is 11.9 Å². The Kier molecular flexibility index (Phi) is 3.56. The molecule has 0 aromatic carbocycles. The van der Waals surface area contributed by atoms with Gasteiger partial charge in [-0.05, 0) is 13.3 Å². The standard InChI is InChI=1S/C14H20N4O2/c1-3-10(2)18-9-12-11(13(18)19)8-15-14(16-12)17-4-6-20-7-5-17/h8,10H,3-7,9H2,1-2H3. The number of morpholine rings is 1. The van der Waals surface area contributed by atoms with Crippen LogP contribution in [0.5, 0.6) is 0 Å². The summed E-state index contributed by atoms with van der Waals surface area (Å²) >= 11 is 0. The van der Waals surface area contributed by atoms with Crippen molar-refractivity contribution in [3.05, 3.63) is 17.5 Å². The van der Waals surface area contributed by atoms with Gasteiger partial charge in [0.1, 0.15) is 0 Å². The molecule has 0 bridgehead atoms. The summed E-state index contributed by atoms with van der Waals surface area (Å²) in [6, 6.07) is 0.239. The third-order valence-corrected chi connectivity index (χ3v) is 4.08. The van der Waals surface area contributed by atoms with Crippen molar-refractivity contribution in [2.75, 3.05) is 31.2 Å². The number of hydrogen-bond donors (Lipinski definition) is 0. The van der Waals surface area contributed by atoms with E-state index >= 15 is 0 Å². The molecule has 1 unspecified atom stereocenters. The summed E-state index contributed by atoms with van der Waals surface area (Å²) < 4.78 is 5.33. The van der Waals surface area contributed by atoms with Crippen LogP contribution >= 0.6 is 0 Å². The number of fused-ring (bicyclic) bond motifs is 1. The molecule has 3 rings (SSSR count). The summed E-state index contributed by atoms with van der Waals surface area (Å²) in [6.45, 7) is 7.79. The zero-order chi connectivity index (χ0) is 14.1. The second-order valence-corrected chi connectivity index (χ2v) is 5.32. The van der Waals surface area contributed by atoms with Gasteiger partial charge in [0.2, 0.25) is 5.95 Å². The maximum absolute atomic E-state index is 12.3. The molecule has 1 saturated heterocycles. The molecule has 1 fully saturated rings. The summed E-state index contributed by atoms with van der Waals surface area (Å²) in [6.07, 6.45) is 2.63. The molecule has 0 saturated carbocycles. The smallest absolute Gasteiger partial charge is 0.257 e. The van der Waals surface area contributed by atoms with Gasteiger partial charge in [-0.15, -0.1) is 0 Å². The minimum atomic E-state index is 0.0582. The molecule has 1 aromatic heterocycles. The van der Waals surface area contributed by atoms with E-state index < -0.39 is 0 Å². The van der Waals surface area contributed by atoms with Crippen LogP contribution < -0.4 is 4.90 Å². The van der Waals surface area contributed by atoms with Gasteiger partial charge in [-0.2, -0.15) is 0 Å². The Balaban J connectivity index is 1.83. The van der Waals surface area contributed by atoms with Gasteiger partial charge >= 0.3 is 0 Å². The topological polar surface area (TPSA) is 58.6 Å². The van der Waals surface area contributed by atoms with Crippen LogP contribution in [0.15, 0.2) is 6.20 Å². The van der Waals surface area contributed by atoms with E-state index in [1.54, 1.807) is 6.20 Å². The summed E-state index contributed by atoms with van der Waals surface area (Å²) in [5.74, 6) is 0.772. The van der Waals surface area contributed by atoms with Gasteiger partial charge in [0.25, 0.3) is 5.91 Å². The largest absolute Gasteiger partial charge is 0.378 e. The normalized spacial score (nSPS) is 20.2. The Bertz CT molecular complexity index is 514. The molecule has 1 amide bonds. The molecule has 1 aromatic rings. The molecule has 3 heterocycles. The number of ether oxygens (including phenoxy) is 1. The first-order valence-electron chi connectivity index (χ1n) is 7.20. The highest BCUT2D eigenvalue weighted by atomic mass is 16.5. The van der Waals surface area contributed by atoms with Crippen LogP contribution in [0.4, 0.5) is 5.95 Å². The monoisotopic (exact) mass is 276 g/mol. The van der Waals surface area contributed by atoms with E-state index in [4.69, 9.17) is 4.74 Å². The molecule has 108 valence electrons. The molecule has 2 aliphatic rings. The highest BCUT2D eigenvalue weighted by Crippen LogP contribution is 2.25. The van der Waals surface area contributed by atoms with Crippen LogP contribution in [0, 0.1) is 0 Å². The lowest BCUT2D eigenvalue weighted by Gasteiger charge is -2.26. The molecular formula is C14H20N4O2. The van der Waals surface area contributed by atoms with Gasteiger partial charge in [0, 0.05) is 25.3 Å². The first kappa shape index (κ1) is 13.3. The molecular weight excluding hydrogens is 256 g/mol. The highest BCUT2D eigenvalue weighted by molar-refractivity contribution is 5.97. The van der Waals surface area contributed by atoms with Gasteiger partial charge in [0.15, 0.2) is 0 Å². The van der Waals surface area contributed by atoms with Gasteiger partial charge in [-0.3, -0.25) is 4.79 Å². The Hall–Kier alpha value is -1.69. The van der Waals surface area contributed by atoms with Crippen LogP contribution in [-0.2, 0) is 11.3 Å². The quantitative estimate of drug-likeness (QED) is 0.826. The number of hydrogen-bond acceptors (Lipinski definition) is 5.